The summed E-state index contributed by atoms with van der Waals surface area (Å²) in [6.07, 6.45) is 8.68. The van der Waals surface area contributed by atoms with E-state index in [-0.39, 0.29) is 11.5 Å². The van der Waals surface area contributed by atoms with Crippen molar-refractivity contribution in [3.05, 3.63) is 0 Å². The summed E-state index contributed by atoms with van der Waals surface area (Å²) in [7, 11) is 0. The number of ketones is 1. The van der Waals surface area contributed by atoms with Gasteiger partial charge in [0.2, 0.25) is 0 Å². The van der Waals surface area contributed by atoms with Crippen LogP contribution in [-0.4, -0.2) is 42.6 Å². The molecule has 1 unspecified atom stereocenters. The molecule has 0 saturated carbocycles. The van der Waals surface area contributed by atoms with Crippen molar-refractivity contribution in [1.29, 1.82) is 0 Å². The number of ether oxygens (including phenoxy) is 1. The van der Waals surface area contributed by atoms with Crippen LogP contribution in [0.2, 0.25) is 0 Å². The minimum absolute atomic E-state index is 0.0542. The van der Waals surface area contributed by atoms with Crippen molar-refractivity contribution >= 4 is 17.5 Å². The van der Waals surface area contributed by atoms with Crippen molar-refractivity contribution in [2.24, 2.45) is 11.8 Å². The van der Waals surface area contributed by atoms with E-state index in [1.54, 1.807) is 0 Å². The van der Waals surface area contributed by atoms with E-state index in [1.807, 2.05) is 11.8 Å². The Bertz CT molecular complexity index is 343. The molecule has 0 bridgehead atoms. The molecule has 0 aromatic rings. The zero-order valence-electron chi connectivity index (χ0n) is 13.1. The van der Waals surface area contributed by atoms with Gasteiger partial charge in [0.25, 0.3) is 0 Å². The lowest BCUT2D eigenvalue weighted by atomic mass is 9.78. The highest BCUT2D eigenvalue weighted by molar-refractivity contribution is 7.99. The van der Waals surface area contributed by atoms with Crippen molar-refractivity contribution in [1.82, 2.24) is 5.32 Å². The molecule has 3 nitrogen and oxygen atoms in total. The lowest BCUT2D eigenvalue weighted by molar-refractivity contribution is -0.138. The molecular formula is C17H29NO2S. The number of nitrogens with one attached hydrogen (secondary N) is 1. The van der Waals surface area contributed by atoms with E-state index in [4.69, 9.17) is 4.74 Å². The van der Waals surface area contributed by atoms with Gasteiger partial charge in [0, 0.05) is 18.9 Å². The summed E-state index contributed by atoms with van der Waals surface area (Å²) >= 11 is 2.03. The Hall–Kier alpha value is -0.0600. The van der Waals surface area contributed by atoms with Crippen LogP contribution >= 0.6 is 11.8 Å². The summed E-state index contributed by atoms with van der Waals surface area (Å²) < 4.78 is 6.11. The van der Waals surface area contributed by atoms with Crippen molar-refractivity contribution in [2.45, 2.75) is 57.0 Å². The molecule has 0 aliphatic carbocycles. The van der Waals surface area contributed by atoms with Gasteiger partial charge in [0.1, 0.15) is 5.78 Å². The van der Waals surface area contributed by atoms with Crippen LogP contribution in [0.25, 0.3) is 0 Å². The standard InChI is InChI=1S/C17H29NO2S/c19-16(2-1-14-3-8-18-9-4-14)15-5-10-20-17(13-15)6-11-21-12-7-17/h14-15,18H,1-13H2. The van der Waals surface area contributed by atoms with Crippen LogP contribution in [0, 0.1) is 11.8 Å². The van der Waals surface area contributed by atoms with Gasteiger partial charge < -0.3 is 10.1 Å². The molecule has 3 fully saturated rings. The Labute approximate surface area is 133 Å². The second-order valence-corrected chi connectivity index (χ2v) is 8.26. The predicted octanol–water partition coefficient (Wildman–Crippen LogP) is 3.03. The highest BCUT2D eigenvalue weighted by Gasteiger charge is 2.40. The van der Waals surface area contributed by atoms with E-state index >= 15 is 0 Å². The summed E-state index contributed by atoms with van der Waals surface area (Å²) in [5, 5.41) is 3.40. The van der Waals surface area contributed by atoms with E-state index < -0.39 is 0 Å². The van der Waals surface area contributed by atoms with E-state index in [0.717, 1.165) is 64.1 Å². The Morgan fingerprint density at radius 2 is 1.95 bits per heavy atom. The number of rotatable bonds is 4. The third-order valence-corrected chi connectivity index (χ3v) is 6.60. The average Bonchev–Trinajstić information content (AvgIpc) is 2.54. The second kappa shape index (κ2) is 7.47. The Balaban J connectivity index is 1.47. The minimum atomic E-state index is 0.0542. The van der Waals surface area contributed by atoms with E-state index in [9.17, 15) is 4.79 Å². The quantitative estimate of drug-likeness (QED) is 0.866. The monoisotopic (exact) mass is 311 g/mol. The third-order valence-electron chi connectivity index (χ3n) is 5.61. The molecular weight excluding hydrogens is 282 g/mol. The maximum atomic E-state index is 12.6. The van der Waals surface area contributed by atoms with Crippen molar-refractivity contribution < 1.29 is 9.53 Å². The first-order valence-electron chi connectivity index (χ1n) is 8.73. The molecule has 0 aromatic carbocycles. The number of Topliss-reactive ketones (excluding diaryl/α,β-unsaturated/α-hetero) is 1. The molecule has 3 rings (SSSR count). The first-order chi connectivity index (χ1) is 10.3. The number of hydrogen-bond donors (Lipinski definition) is 1. The van der Waals surface area contributed by atoms with Crippen LogP contribution in [0.3, 0.4) is 0 Å². The van der Waals surface area contributed by atoms with Crippen LogP contribution < -0.4 is 5.32 Å². The van der Waals surface area contributed by atoms with Gasteiger partial charge in [0.15, 0.2) is 0 Å². The molecule has 3 aliphatic rings. The largest absolute Gasteiger partial charge is 0.375 e. The van der Waals surface area contributed by atoms with Crippen LogP contribution in [0.1, 0.15) is 51.4 Å². The third kappa shape index (κ3) is 4.23. The lowest BCUT2D eigenvalue weighted by Gasteiger charge is -2.43. The van der Waals surface area contributed by atoms with Crippen LogP contribution in [0.5, 0.6) is 0 Å². The summed E-state index contributed by atoms with van der Waals surface area (Å²) in [6.45, 7) is 3.07. The normalized spacial score (nSPS) is 30.4. The van der Waals surface area contributed by atoms with Gasteiger partial charge in [0.05, 0.1) is 5.60 Å². The van der Waals surface area contributed by atoms with Crippen LogP contribution in [0.4, 0.5) is 0 Å². The first-order valence-corrected chi connectivity index (χ1v) is 9.88. The fourth-order valence-corrected chi connectivity index (χ4v) is 5.35. The summed E-state index contributed by atoms with van der Waals surface area (Å²) in [4.78, 5) is 12.6. The zero-order valence-corrected chi connectivity index (χ0v) is 13.9. The number of hydrogen-bond acceptors (Lipinski definition) is 4. The topological polar surface area (TPSA) is 38.3 Å². The number of carbonyl (C=O) groups is 1. The zero-order chi connectivity index (χ0) is 14.5. The molecule has 1 spiro atoms. The Morgan fingerprint density at radius 3 is 2.71 bits per heavy atom. The van der Waals surface area contributed by atoms with Gasteiger partial charge in [-0.3, -0.25) is 4.79 Å². The fourth-order valence-electron chi connectivity index (χ4n) is 4.12. The van der Waals surface area contributed by atoms with E-state index in [1.165, 1.54) is 24.3 Å². The minimum Gasteiger partial charge on any atom is -0.375 e. The van der Waals surface area contributed by atoms with Crippen molar-refractivity contribution in [3.8, 4) is 0 Å². The van der Waals surface area contributed by atoms with E-state index in [0.29, 0.717) is 5.78 Å². The van der Waals surface area contributed by atoms with Crippen molar-refractivity contribution in [2.75, 3.05) is 31.2 Å². The molecule has 0 aromatic heterocycles. The molecule has 1 atom stereocenters. The SMILES string of the molecule is O=C(CCC1CCNCC1)C1CCOC2(CCSCC2)C1. The van der Waals surface area contributed by atoms with Crippen LogP contribution in [0.15, 0.2) is 0 Å². The van der Waals surface area contributed by atoms with Gasteiger partial charge >= 0.3 is 0 Å². The summed E-state index contributed by atoms with van der Waals surface area (Å²) in [5.41, 5.74) is 0.0542. The molecule has 0 radical (unpaired) electrons. The molecule has 3 saturated heterocycles. The van der Waals surface area contributed by atoms with Crippen LogP contribution in [-0.2, 0) is 9.53 Å². The fraction of sp³-hybridized carbons (Fsp3) is 0.941. The lowest BCUT2D eigenvalue weighted by Crippen LogP contribution is -2.44. The van der Waals surface area contributed by atoms with Gasteiger partial charge in [-0.2, -0.15) is 11.8 Å². The smallest absolute Gasteiger partial charge is 0.136 e. The predicted molar refractivity (Wildman–Crippen MR) is 87.8 cm³/mol. The summed E-state index contributed by atoms with van der Waals surface area (Å²) in [6, 6.07) is 0. The molecule has 1 N–H and O–H groups in total. The maximum absolute atomic E-state index is 12.6. The molecule has 120 valence electrons. The van der Waals surface area contributed by atoms with Gasteiger partial charge in [-0.1, -0.05) is 0 Å². The Morgan fingerprint density at radius 1 is 1.19 bits per heavy atom. The first kappa shape index (κ1) is 15.8. The van der Waals surface area contributed by atoms with E-state index in [2.05, 4.69) is 5.32 Å². The summed E-state index contributed by atoms with van der Waals surface area (Å²) in [5.74, 6) is 3.99. The molecule has 3 aliphatic heterocycles. The van der Waals surface area contributed by atoms with Crippen molar-refractivity contribution in [3.63, 3.8) is 0 Å². The maximum Gasteiger partial charge on any atom is 0.136 e. The highest BCUT2D eigenvalue weighted by atomic mass is 32.2. The molecule has 21 heavy (non-hydrogen) atoms. The Kier molecular flexibility index (Phi) is 5.63. The second-order valence-electron chi connectivity index (χ2n) is 7.03. The average molecular weight is 311 g/mol. The highest BCUT2D eigenvalue weighted by Crippen LogP contribution is 2.40. The molecule has 0 amide bonds. The number of thioether (sulfide) groups is 1. The molecule has 4 heteroatoms. The molecule has 3 heterocycles. The van der Waals surface area contributed by atoms with Gasteiger partial charge in [-0.05, 0) is 75.5 Å². The number of carbonyl (C=O) groups excluding carboxylic acids is 1. The van der Waals surface area contributed by atoms with Gasteiger partial charge in [-0.15, -0.1) is 0 Å². The number of piperidine rings is 1. The van der Waals surface area contributed by atoms with Gasteiger partial charge in [-0.25, -0.2) is 0 Å².